The van der Waals surface area contributed by atoms with E-state index >= 15 is 0 Å². The van der Waals surface area contributed by atoms with Gasteiger partial charge in [0.05, 0.1) is 17.4 Å². The van der Waals surface area contributed by atoms with E-state index in [1.54, 1.807) is 17.9 Å². The molecule has 0 radical (unpaired) electrons. The van der Waals surface area contributed by atoms with Crippen LogP contribution in [0, 0.1) is 0 Å². The van der Waals surface area contributed by atoms with E-state index in [4.69, 9.17) is 0 Å². The van der Waals surface area contributed by atoms with Crippen LogP contribution in [0.1, 0.15) is 10.4 Å². The molecule has 6 heteroatoms. The summed E-state index contributed by atoms with van der Waals surface area (Å²) in [5.41, 5.74) is 2.19. The van der Waals surface area contributed by atoms with Crippen molar-refractivity contribution in [1.82, 2.24) is 14.8 Å². The van der Waals surface area contributed by atoms with Crippen LogP contribution < -0.4 is 5.32 Å². The lowest BCUT2D eigenvalue weighted by molar-refractivity contribution is 0.102. The van der Waals surface area contributed by atoms with Gasteiger partial charge in [0.2, 0.25) is 0 Å². The maximum absolute atomic E-state index is 12.5. The van der Waals surface area contributed by atoms with Crippen molar-refractivity contribution in [1.29, 1.82) is 0 Å². The second-order valence-electron chi connectivity index (χ2n) is 4.78. The third-order valence-corrected chi connectivity index (χ3v) is 3.17. The lowest BCUT2D eigenvalue weighted by Crippen LogP contribution is -2.12. The van der Waals surface area contributed by atoms with E-state index in [1.807, 2.05) is 30.3 Å². The fourth-order valence-electron chi connectivity index (χ4n) is 2.15. The number of aromatic nitrogens is 3. The Kier molecular flexibility index (Phi) is 3.57. The highest BCUT2D eigenvalue weighted by Gasteiger charge is 2.18. The summed E-state index contributed by atoms with van der Waals surface area (Å²) in [4.78, 5) is 16.3. The van der Waals surface area contributed by atoms with Crippen LogP contribution in [-0.4, -0.2) is 25.8 Å². The van der Waals surface area contributed by atoms with Gasteiger partial charge < -0.3 is 10.4 Å². The molecule has 0 aliphatic rings. The molecule has 1 amide bonds. The number of hydrogen-bond acceptors (Lipinski definition) is 4. The first-order chi connectivity index (χ1) is 10.6. The number of benzene rings is 1. The van der Waals surface area contributed by atoms with Crippen LogP contribution >= 0.6 is 0 Å². The zero-order valence-electron chi connectivity index (χ0n) is 11.9. The summed E-state index contributed by atoms with van der Waals surface area (Å²) in [6, 6.07) is 11.0. The number of nitrogens with one attached hydrogen (secondary N) is 1. The lowest BCUT2D eigenvalue weighted by Gasteiger charge is -2.06. The largest absolute Gasteiger partial charge is 0.504 e. The molecular weight excluding hydrogens is 280 g/mol. The molecule has 0 atom stereocenters. The van der Waals surface area contributed by atoms with Gasteiger partial charge in [-0.05, 0) is 6.07 Å². The van der Waals surface area contributed by atoms with Crippen LogP contribution in [0.15, 0.2) is 55.0 Å². The topological polar surface area (TPSA) is 80.0 Å². The fraction of sp³-hybridized carbons (Fsp3) is 0.0625. The SMILES string of the molecule is Cn1cc(C(=O)Nc2ccncc2O)c(-c2ccccc2)n1. The number of hydrogen-bond donors (Lipinski definition) is 2. The molecule has 0 spiro atoms. The lowest BCUT2D eigenvalue weighted by atomic mass is 10.1. The van der Waals surface area contributed by atoms with Crippen molar-refractivity contribution in [2.24, 2.45) is 7.05 Å². The Hall–Kier alpha value is -3.15. The first-order valence-electron chi connectivity index (χ1n) is 6.68. The van der Waals surface area contributed by atoms with Crippen molar-refractivity contribution in [3.8, 4) is 17.0 Å². The van der Waals surface area contributed by atoms with Crippen molar-refractivity contribution in [3.63, 3.8) is 0 Å². The predicted molar refractivity (Wildman–Crippen MR) is 82.5 cm³/mol. The fourth-order valence-corrected chi connectivity index (χ4v) is 2.15. The molecule has 0 aliphatic heterocycles. The molecule has 0 saturated heterocycles. The summed E-state index contributed by atoms with van der Waals surface area (Å²) >= 11 is 0. The number of anilines is 1. The van der Waals surface area contributed by atoms with Crippen molar-refractivity contribution in [2.45, 2.75) is 0 Å². The number of carbonyl (C=O) groups excluding carboxylic acids is 1. The molecule has 2 N–H and O–H groups in total. The zero-order valence-corrected chi connectivity index (χ0v) is 11.9. The first-order valence-corrected chi connectivity index (χ1v) is 6.68. The number of carbonyl (C=O) groups is 1. The van der Waals surface area contributed by atoms with Gasteiger partial charge >= 0.3 is 0 Å². The Morgan fingerprint density at radius 3 is 2.73 bits per heavy atom. The average Bonchev–Trinajstić information content (AvgIpc) is 2.92. The minimum absolute atomic E-state index is 0.0824. The number of pyridine rings is 1. The van der Waals surface area contributed by atoms with Crippen molar-refractivity contribution >= 4 is 11.6 Å². The normalized spacial score (nSPS) is 10.4. The maximum Gasteiger partial charge on any atom is 0.259 e. The molecule has 3 aromatic rings. The summed E-state index contributed by atoms with van der Waals surface area (Å²) in [6.07, 6.45) is 4.42. The van der Waals surface area contributed by atoms with E-state index in [0.717, 1.165) is 5.56 Å². The van der Waals surface area contributed by atoms with Crippen LogP contribution in [0.25, 0.3) is 11.3 Å². The van der Waals surface area contributed by atoms with Crippen molar-refractivity contribution in [3.05, 3.63) is 60.6 Å². The molecule has 0 bridgehead atoms. The van der Waals surface area contributed by atoms with Crippen molar-refractivity contribution in [2.75, 3.05) is 5.32 Å². The van der Waals surface area contributed by atoms with Gasteiger partial charge in [0, 0.05) is 25.0 Å². The highest BCUT2D eigenvalue weighted by molar-refractivity contribution is 6.08. The highest BCUT2D eigenvalue weighted by Crippen LogP contribution is 2.25. The van der Waals surface area contributed by atoms with Gasteiger partial charge in [0.25, 0.3) is 5.91 Å². The molecule has 0 unspecified atom stereocenters. The molecule has 22 heavy (non-hydrogen) atoms. The van der Waals surface area contributed by atoms with Gasteiger partial charge in [-0.2, -0.15) is 5.10 Å². The molecule has 0 fully saturated rings. The molecule has 6 nitrogen and oxygen atoms in total. The van der Waals surface area contributed by atoms with E-state index in [-0.39, 0.29) is 11.7 Å². The smallest absolute Gasteiger partial charge is 0.259 e. The van der Waals surface area contributed by atoms with Gasteiger partial charge in [-0.15, -0.1) is 0 Å². The van der Waals surface area contributed by atoms with Crippen LogP contribution in [0.2, 0.25) is 0 Å². The van der Waals surface area contributed by atoms with E-state index < -0.39 is 0 Å². The Bertz CT molecular complexity index is 812. The average molecular weight is 294 g/mol. The van der Waals surface area contributed by atoms with Crippen LogP contribution in [0.5, 0.6) is 5.75 Å². The zero-order chi connectivity index (χ0) is 15.5. The predicted octanol–water partition coefficient (Wildman–Crippen LogP) is 2.44. The van der Waals surface area contributed by atoms with E-state index in [9.17, 15) is 9.90 Å². The first kappa shape index (κ1) is 13.8. The second-order valence-corrected chi connectivity index (χ2v) is 4.78. The molecule has 3 rings (SSSR count). The van der Waals surface area contributed by atoms with Crippen LogP contribution in [0.4, 0.5) is 5.69 Å². The van der Waals surface area contributed by atoms with Gasteiger partial charge in [-0.1, -0.05) is 30.3 Å². The van der Waals surface area contributed by atoms with Gasteiger partial charge in [0.1, 0.15) is 5.69 Å². The molecule has 110 valence electrons. The Morgan fingerprint density at radius 2 is 2.00 bits per heavy atom. The molecule has 0 saturated carbocycles. The standard InChI is InChI=1S/C16H14N4O2/c1-20-10-12(15(19-20)11-5-3-2-4-6-11)16(22)18-13-7-8-17-9-14(13)21/h2-10,21H,1H3,(H,17,18,22). The van der Waals surface area contributed by atoms with Gasteiger partial charge in [-0.25, -0.2) is 0 Å². The minimum Gasteiger partial charge on any atom is -0.504 e. The summed E-state index contributed by atoms with van der Waals surface area (Å²) < 4.78 is 1.59. The van der Waals surface area contributed by atoms with E-state index in [1.165, 1.54) is 18.5 Å². The molecule has 2 aromatic heterocycles. The van der Waals surface area contributed by atoms with E-state index in [2.05, 4.69) is 15.4 Å². The Balaban J connectivity index is 1.95. The third-order valence-electron chi connectivity index (χ3n) is 3.17. The minimum atomic E-state index is -0.339. The molecule has 0 aliphatic carbocycles. The monoisotopic (exact) mass is 294 g/mol. The van der Waals surface area contributed by atoms with Crippen molar-refractivity contribution < 1.29 is 9.90 Å². The number of aryl methyl sites for hydroxylation is 1. The number of nitrogens with zero attached hydrogens (tertiary/aromatic N) is 3. The quantitative estimate of drug-likeness (QED) is 0.777. The third kappa shape index (κ3) is 2.67. The maximum atomic E-state index is 12.5. The number of rotatable bonds is 3. The molecule has 1 aromatic carbocycles. The Labute approximate surface area is 127 Å². The Morgan fingerprint density at radius 1 is 1.23 bits per heavy atom. The highest BCUT2D eigenvalue weighted by atomic mass is 16.3. The van der Waals surface area contributed by atoms with Gasteiger partial charge in [-0.3, -0.25) is 14.5 Å². The summed E-state index contributed by atoms with van der Waals surface area (Å²) in [5, 5.41) is 16.7. The second kappa shape index (κ2) is 5.69. The summed E-state index contributed by atoms with van der Waals surface area (Å²) in [7, 11) is 1.76. The molecular formula is C16H14N4O2. The summed E-state index contributed by atoms with van der Waals surface area (Å²) in [6.45, 7) is 0. The number of amides is 1. The number of aromatic hydroxyl groups is 1. The van der Waals surface area contributed by atoms with Crippen LogP contribution in [0.3, 0.4) is 0 Å². The van der Waals surface area contributed by atoms with Crippen LogP contribution in [-0.2, 0) is 7.05 Å². The molecule has 2 heterocycles. The summed E-state index contributed by atoms with van der Waals surface area (Å²) in [5.74, 6) is -0.422. The van der Waals surface area contributed by atoms with E-state index in [0.29, 0.717) is 16.9 Å². The van der Waals surface area contributed by atoms with Gasteiger partial charge in [0.15, 0.2) is 5.75 Å².